The molecular formula is C10H14O2. The first-order valence-electron chi connectivity index (χ1n) is 4.07. The van der Waals surface area contributed by atoms with Crippen molar-refractivity contribution in [2.75, 3.05) is 0 Å². The second-order valence-corrected chi connectivity index (χ2v) is 3.02. The summed E-state index contributed by atoms with van der Waals surface area (Å²) in [6.07, 6.45) is -0.874. The molecule has 0 bridgehead atoms. The Morgan fingerprint density at radius 1 is 0.833 bits per heavy atom. The highest BCUT2D eigenvalue weighted by atomic mass is 16.3. The van der Waals surface area contributed by atoms with Gasteiger partial charge in [-0.1, -0.05) is 24.3 Å². The van der Waals surface area contributed by atoms with Crippen LogP contribution in [-0.2, 0) is 0 Å². The second kappa shape index (κ2) is 3.70. The van der Waals surface area contributed by atoms with E-state index in [0.29, 0.717) is 0 Å². The molecule has 2 heteroatoms. The van der Waals surface area contributed by atoms with Gasteiger partial charge in [0.1, 0.15) is 0 Å². The highest BCUT2D eigenvalue weighted by Gasteiger charge is 2.02. The summed E-state index contributed by atoms with van der Waals surface area (Å²) in [6.45, 7) is 3.44. The van der Waals surface area contributed by atoms with Gasteiger partial charge >= 0.3 is 0 Å². The molecule has 0 aliphatic carbocycles. The van der Waals surface area contributed by atoms with Crippen LogP contribution >= 0.6 is 0 Å². The molecule has 12 heavy (non-hydrogen) atoms. The second-order valence-electron chi connectivity index (χ2n) is 3.02. The number of hydrogen-bond donors (Lipinski definition) is 2. The molecule has 0 spiro atoms. The van der Waals surface area contributed by atoms with E-state index in [1.807, 2.05) is 24.3 Å². The first-order chi connectivity index (χ1) is 5.61. The summed E-state index contributed by atoms with van der Waals surface area (Å²) >= 11 is 0. The maximum atomic E-state index is 9.19. The van der Waals surface area contributed by atoms with Crippen molar-refractivity contribution in [1.29, 1.82) is 0 Å². The van der Waals surface area contributed by atoms with Crippen LogP contribution in [0.25, 0.3) is 0 Å². The van der Waals surface area contributed by atoms with Gasteiger partial charge in [-0.05, 0) is 25.0 Å². The summed E-state index contributed by atoms with van der Waals surface area (Å²) in [7, 11) is 0. The average molecular weight is 166 g/mol. The molecule has 2 nitrogen and oxygen atoms in total. The van der Waals surface area contributed by atoms with Gasteiger partial charge in [0.05, 0.1) is 12.2 Å². The summed E-state index contributed by atoms with van der Waals surface area (Å²) in [6, 6.07) is 7.30. The average Bonchev–Trinajstić information content (AvgIpc) is 2.04. The monoisotopic (exact) mass is 166 g/mol. The molecule has 1 rings (SSSR count). The van der Waals surface area contributed by atoms with Crippen LogP contribution in [0.5, 0.6) is 0 Å². The molecule has 0 saturated carbocycles. The Hall–Kier alpha value is -0.860. The van der Waals surface area contributed by atoms with Crippen molar-refractivity contribution >= 4 is 0 Å². The molecule has 2 atom stereocenters. The number of benzene rings is 1. The fourth-order valence-electron chi connectivity index (χ4n) is 1.05. The number of aliphatic hydroxyl groups is 2. The Morgan fingerprint density at radius 3 is 1.25 bits per heavy atom. The summed E-state index contributed by atoms with van der Waals surface area (Å²) in [5.74, 6) is 0. The molecule has 1 aromatic rings. The topological polar surface area (TPSA) is 40.5 Å². The lowest BCUT2D eigenvalue weighted by Crippen LogP contribution is -1.94. The van der Waals surface area contributed by atoms with Crippen molar-refractivity contribution in [3.63, 3.8) is 0 Å². The normalized spacial score (nSPS) is 15.7. The van der Waals surface area contributed by atoms with Crippen molar-refractivity contribution in [1.82, 2.24) is 0 Å². The zero-order valence-corrected chi connectivity index (χ0v) is 7.36. The van der Waals surface area contributed by atoms with Crippen LogP contribution in [-0.4, -0.2) is 10.2 Å². The van der Waals surface area contributed by atoms with E-state index in [4.69, 9.17) is 0 Å². The third-order valence-electron chi connectivity index (χ3n) is 1.90. The number of hydrogen-bond acceptors (Lipinski definition) is 2. The van der Waals surface area contributed by atoms with Gasteiger partial charge in [-0.2, -0.15) is 0 Å². The molecule has 66 valence electrons. The largest absolute Gasteiger partial charge is 0.389 e. The summed E-state index contributed by atoms with van der Waals surface area (Å²) < 4.78 is 0. The Balaban J connectivity index is 2.86. The van der Waals surface area contributed by atoms with Crippen LogP contribution in [0.3, 0.4) is 0 Å². The van der Waals surface area contributed by atoms with Gasteiger partial charge in [0, 0.05) is 0 Å². The molecule has 0 heterocycles. The van der Waals surface area contributed by atoms with E-state index in [0.717, 1.165) is 11.1 Å². The lowest BCUT2D eigenvalue weighted by atomic mass is 10.1. The minimum absolute atomic E-state index is 0.437. The summed E-state index contributed by atoms with van der Waals surface area (Å²) in [4.78, 5) is 0. The third-order valence-corrected chi connectivity index (χ3v) is 1.90. The van der Waals surface area contributed by atoms with Crippen molar-refractivity contribution < 1.29 is 10.2 Å². The molecular weight excluding hydrogens is 152 g/mol. The van der Waals surface area contributed by atoms with E-state index >= 15 is 0 Å². The molecule has 2 N–H and O–H groups in total. The molecule has 0 fully saturated rings. The maximum absolute atomic E-state index is 9.19. The quantitative estimate of drug-likeness (QED) is 0.703. The van der Waals surface area contributed by atoms with Gasteiger partial charge in [0.2, 0.25) is 0 Å². The molecule has 0 aliphatic heterocycles. The van der Waals surface area contributed by atoms with Gasteiger partial charge in [-0.3, -0.25) is 0 Å². The maximum Gasteiger partial charge on any atom is 0.0761 e. The van der Waals surface area contributed by atoms with E-state index in [9.17, 15) is 10.2 Å². The fourth-order valence-corrected chi connectivity index (χ4v) is 1.05. The minimum Gasteiger partial charge on any atom is -0.389 e. The highest BCUT2D eigenvalue weighted by Crippen LogP contribution is 2.16. The van der Waals surface area contributed by atoms with Crippen LogP contribution in [0.4, 0.5) is 0 Å². The van der Waals surface area contributed by atoms with Crippen molar-refractivity contribution in [2.24, 2.45) is 0 Å². The minimum atomic E-state index is -0.437. The van der Waals surface area contributed by atoms with Crippen molar-refractivity contribution in [3.05, 3.63) is 35.4 Å². The van der Waals surface area contributed by atoms with E-state index in [1.165, 1.54) is 0 Å². The van der Waals surface area contributed by atoms with E-state index in [1.54, 1.807) is 13.8 Å². The number of aliphatic hydroxyl groups excluding tert-OH is 2. The Kier molecular flexibility index (Phi) is 2.84. The van der Waals surface area contributed by atoms with Gasteiger partial charge in [-0.15, -0.1) is 0 Å². The molecule has 0 saturated heterocycles. The van der Waals surface area contributed by atoms with Crippen molar-refractivity contribution in [2.45, 2.75) is 26.1 Å². The van der Waals surface area contributed by atoms with Crippen LogP contribution in [0.15, 0.2) is 24.3 Å². The van der Waals surface area contributed by atoms with Gasteiger partial charge in [0.25, 0.3) is 0 Å². The number of rotatable bonds is 2. The Labute approximate surface area is 72.5 Å². The lowest BCUT2D eigenvalue weighted by Gasteiger charge is -2.07. The zero-order valence-electron chi connectivity index (χ0n) is 7.36. The first-order valence-corrected chi connectivity index (χ1v) is 4.07. The lowest BCUT2D eigenvalue weighted by molar-refractivity contribution is 0.195. The smallest absolute Gasteiger partial charge is 0.0761 e. The molecule has 2 unspecified atom stereocenters. The highest BCUT2D eigenvalue weighted by molar-refractivity contribution is 5.24. The Bertz CT molecular complexity index is 210. The van der Waals surface area contributed by atoms with Crippen LogP contribution in [0.2, 0.25) is 0 Å². The molecule has 0 aliphatic rings. The Morgan fingerprint density at radius 2 is 1.08 bits per heavy atom. The van der Waals surface area contributed by atoms with E-state index < -0.39 is 12.2 Å². The first kappa shape index (κ1) is 9.23. The van der Waals surface area contributed by atoms with Crippen molar-refractivity contribution in [3.8, 4) is 0 Å². The summed E-state index contributed by atoms with van der Waals surface area (Å²) in [5, 5.41) is 18.4. The molecule has 1 aromatic carbocycles. The van der Waals surface area contributed by atoms with Gasteiger partial charge < -0.3 is 10.2 Å². The molecule has 0 amide bonds. The summed E-state index contributed by atoms with van der Waals surface area (Å²) in [5.41, 5.74) is 1.75. The van der Waals surface area contributed by atoms with E-state index in [-0.39, 0.29) is 0 Å². The predicted molar refractivity (Wildman–Crippen MR) is 47.7 cm³/mol. The zero-order chi connectivity index (χ0) is 9.14. The van der Waals surface area contributed by atoms with Gasteiger partial charge in [-0.25, -0.2) is 0 Å². The van der Waals surface area contributed by atoms with Crippen LogP contribution in [0.1, 0.15) is 37.2 Å². The SMILES string of the molecule is CC(O)c1ccc(C(C)O)cc1. The van der Waals surface area contributed by atoms with Gasteiger partial charge in [0.15, 0.2) is 0 Å². The standard InChI is InChI=1S/C10H14O2/c1-7(11)9-3-5-10(6-4-9)8(2)12/h3-8,11-12H,1-2H3. The van der Waals surface area contributed by atoms with E-state index in [2.05, 4.69) is 0 Å². The van der Waals surface area contributed by atoms with Crippen LogP contribution in [0, 0.1) is 0 Å². The fraction of sp³-hybridized carbons (Fsp3) is 0.400. The molecule has 0 radical (unpaired) electrons. The third kappa shape index (κ3) is 2.06. The predicted octanol–water partition coefficient (Wildman–Crippen LogP) is 1.79. The van der Waals surface area contributed by atoms with Crippen LogP contribution < -0.4 is 0 Å². The molecule has 0 aromatic heterocycles.